The second-order valence-corrected chi connectivity index (χ2v) is 21.5. The van der Waals surface area contributed by atoms with E-state index >= 15 is 0 Å². The Morgan fingerprint density at radius 1 is 0.192 bits per heavy atom. The number of hydrogen-bond donors (Lipinski definition) is 0. The van der Waals surface area contributed by atoms with E-state index in [1.807, 2.05) is 284 Å². The van der Waals surface area contributed by atoms with E-state index in [1.54, 1.807) is 0 Å². The van der Waals surface area contributed by atoms with Gasteiger partial charge < -0.3 is 0 Å². The Hall–Kier alpha value is -11.0. The van der Waals surface area contributed by atoms with E-state index in [-0.39, 0.29) is 0 Å². The third kappa shape index (κ3) is 32.4. The van der Waals surface area contributed by atoms with Crippen molar-refractivity contribution >= 4 is 86.7 Å². The highest BCUT2D eigenvalue weighted by atomic mass is 14.7. The van der Waals surface area contributed by atoms with Crippen LogP contribution in [0.15, 0.2) is 292 Å². The van der Waals surface area contributed by atoms with E-state index in [9.17, 15) is 0 Å². The summed E-state index contributed by atoms with van der Waals surface area (Å²) in [6.45, 7) is 48.5. The van der Waals surface area contributed by atoms with E-state index in [4.69, 9.17) is 0 Å². The Balaban J connectivity index is 0.000000578. The summed E-state index contributed by atoms with van der Waals surface area (Å²) in [7, 11) is 0. The lowest BCUT2D eigenvalue weighted by Crippen LogP contribution is -1.80. The van der Waals surface area contributed by atoms with Gasteiger partial charge in [0.15, 0.2) is 0 Å². The summed E-state index contributed by atoms with van der Waals surface area (Å²) in [5, 5.41) is 14.8. The molecule has 16 aromatic rings. The second kappa shape index (κ2) is 55.7. The van der Waals surface area contributed by atoms with Crippen molar-refractivity contribution in [2.24, 2.45) is 0 Å². The second-order valence-electron chi connectivity index (χ2n) is 21.5. The average molecular weight is 1390 g/mol. The van der Waals surface area contributed by atoms with Gasteiger partial charge in [-0.25, -0.2) is 0 Å². The molecular weight excluding hydrogens is 1270 g/mol. The summed E-state index contributed by atoms with van der Waals surface area (Å²) in [6.07, 6.45) is 18.6. The van der Waals surface area contributed by atoms with Crippen LogP contribution in [0, 0.1) is 55.4 Å². The van der Waals surface area contributed by atoms with Crippen molar-refractivity contribution in [2.75, 3.05) is 0 Å². The maximum atomic E-state index is 4.38. The SMILES string of the molecule is CC.CC.CC.CC.CC.CC.CC.CC.Cc1cc2ccccc2cn1.Cc1ccc2ccccc2n1.Cc1ccc2cccnc2c1.Cc1ccc2ccncc2c1.Cc1ccc2cnccc2c1.Cc1ccc2ncccc2c1.Cc1ccnc2ccccc12.Cc1cncc2ccccc12. The van der Waals surface area contributed by atoms with Crippen molar-refractivity contribution in [1.29, 1.82) is 0 Å². The molecule has 0 bridgehead atoms. The number of aryl methyl sites for hydroxylation is 8. The fraction of sp³-hybridized carbons (Fsp3) is 0.250. The maximum absolute atomic E-state index is 4.38. The zero-order valence-corrected chi connectivity index (χ0v) is 67.3. The van der Waals surface area contributed by atoms with Gasteiger partial charge in [-0.2, -0.15) is 0 Å². The zero-order valence-electron chi connectivity index (χ0n) is 67.3. The fourth-order valence-corrected chi connectivity index (χ4v) is 9.65. The van der Waals surface area contributed by atoms with E-state index in [2.05, 4.69) is 215 Å². The first-order chi connectivity index (χ1) is 50.9. The molecule has 0 saturated heterocycles. The van der Waals surface area contributed by atoms with Gasteiger partial charge in [0.05, 0.1) is 22.1 Å². The molecule has 0 aliphatic rings. The van der Waals surface area contributed by atoms with Crippen LogP contribution in [0.25, 0.3) is 86.7 Å². The number of benzene rings is 8. The van der Waals surface area contributed by atoms with E-state index < -0.39 is 0 Å². The highest BCUT2D eigenvalue weighted by Gasteiger charge is 1.98. The third-order valence-electron chi connectivity index (χ3n) is 14.4. The molecule has 8 nitrogen and oxygen atoms in total. The first kappa shape index (κ1) is 91.1. The van der Waals surface area contributed by atoms with Crippen molar-refractivity contribution in [2.45, 2.75) is 166 Å². The minimum atomic E-state index is 1.07. The normalized spacial score (nSPS) is 9.15. The van der Waals surface area contributed by atoms with Crippen LogP contribution in [-0.4, -0.2) is 39.9 Å². The number of aromatic nitrogens is 8. The van der Waals surface area contributed by atoms with Gasteiger partial charge in [0.2, 0.25) is 0 Å². The monoisotopic (exact) mass is 1380 g/mol. The molecule has 0 aliphatic carbocycles. The number of para-hydroxylation sites is 2. The Kier molecular flexibility index (Phi) is 48.8. The molecule has 544 valence electrons. The number of fused-ring (bicyclic) bond motifs is 8. The number of rotatable bonds is 0. The smallest absolute Gasteiger partial charge is 0.0705 e. The third-order valence-corrected chi connectivity index (χ3v) is 14.4. The molecule has 8 aromatic carbocycles. The van der Waals surface area contributed by atoms with E-state index in [0.717, 1.165) is 33.5 Å². The minimum absolute atomic E-state index is 1.07. The Bertz CT molecular complexity index is 4180. The minimum Gasteiger partial charge on any atom is -0.264 e. The number of hydrogen-bond acceptors (Lipinski definition) is 8. The lowest BCUT2D eigenvalue weighted by Gasteiger charge is -1.98. The molecule has 0 radical (unpaired) electrons. The molecule has 0 fully saturated rings. The molecule has 8 aromatic heterocycles. The van der Waals surface area contributed by atoms with Gasteiger partial charge in [0, 0.05) is 116 Å². The Morgan fingerprint density at radius 3 is 1.23 bits per heavy atom. The van der Waals surface area contributed by atoms with Crippen LogP contribution in [0.3, 0.4) is 0 Å². The molecule has 104 heavy (non-hydrogen) atoms. The number of pyridine rings is 8. The standard InChI is InChI=1S/8C10H9N.8C2H6/c1-8-2-3-10-7-11-5-4-9(10)6-8;1-8-2-3-9-4-5-11-7-10(9)6-8;1-8-4-5-10-9(7-8)3-2-6-11-10;1-8-4-5-9-3-2-6-11-10(9)7-8;1-8-6-11-7-9-4-2-3-5-10(8)9;1-8-6-9-4-2-3-5-10(9)7-11-8;1-8-6-7-11-10-5-3-2-4-9(8)10;1-8-6-7-9-4-2-3-5-10(9)11-8;8*1-2/h8*2-7H,1H3;8*1-2H3. The summed E-state index contributed by atoms with van der Waals surface area (Å²) < 4.78 is 0. The van der Waals surface area contributed by atoms with Crippen LogP contribution >= 0.6 is 0 Å². The van der Waals surface area contributed by atoms with Gasteiger partial charge in [-0.05, 0) is 172 Å². The van der Waals surface area contributed by atoms with Crippen LogP contribution in [0.4, 0.5) is 0 Å². The van der Waals surface area contributed by atoms with E-state index in [0.29, 0.717) is 0 Å². The lowest BCUT2D eigenvalue weighted by molar-refractivity contribution is 1.22. The van der Waals surface area contributed by atoms with Crippen molar-refractivity contribution in [3.05, 3.63) is 337 Å². The van der Waals surface area contributed by atoms with Crippen molar-refractivity contribution in [3.63, 3.8) is 0 Å². The average Bonchev–Trinajstić information content (AvgIpc) is 0.852. The highest BCUT2D eigenvalue weighted by molar-refractivity contribution is 5.86. The van der Waals surface area contributed by atoms with E-state index in [1.165, 1.54) is 98.0 Å². The van der Waals surface area contributed by atoms with Crippen LogP contribution < -0.4 is 0 Å². The molecule has 0 N–H and O–H groups in total. The molecule has 0 unspecified atom stereocenters. The molecule has 8 heterocycles. The van der Waals surface area contributed by atoms with Crippen molar-refractivity contribution in [1.82, 2.24) is 39.9 Å². The van der Waals surface area contributed by atoms with Gasteiger partial charge in [0.1, 0.15) is 0 Å². The summed E-state index contributed by atoms with van der Waals surface area (Å²) in [6, 6.07) is 78.5. The van der Waals surface area contributed by atoms with Crippen LogP contribution in [0.5, 0.6) is 0 Å². The molecule has 0 aliphatic heterocycles. The van der Waals surface area contributed by atoms with Gasteiger partial charge in [0.25, 0.3) is 0 Å². The van der Waals surface area contributed by atoms with Gasteiger partial charge in [-0.15, -0.1) is 0 Å². The van der Waals surface area contributed by atoms with Crippen LogP contribution in [0.2, 0.25) is 0 Å². The fourth-order valence-electron chi connectivity index (χ4n) is 9.65. The summed E-state index contributed by atoms with van der Waals surface area (Å²) in [5.74, 6) is 0. The van der Waals surface area contributed by atoms with Gasteiger partial charge in [-0.1, -0.05) is 279 Å². The molecule has 0 saturated carbocycles. The molecular formula is C96H120N8. The molecule has 0 amide bonds. The molecule has 0 spiro atoms. The first-order valence-electron chi connectivity index (χ1n) is 37.4. The first-order valence-corrected chi connectivity index (χ1v) is 37.4. The number of nitrogens with zero attached hydrogens (tertiary/aromatic N) is 8. The van der Waals surface area contributed by atoms with Gasteiger partial charge >= 0.3 is 0 Å². The summed E-state index contributed by atoms with van der Waals surface area (Å²) >= 11 is 0. The largest absolute Gasteiger partial charge is 0.264 e. The summed E-state index contributed by atoms with van der Waals surface area (Å²) in [4.78, 5) is 33.5. The summed E-state index contributed by atoms with van der Waals surface area (Å²) in [5.41, 5.74) is 14.1. The van der Waals surface area contributed by atoms with Gasteiger partial charge in [-0.3, -0.25) is 39.9 Å². The topological polar surface area (TPSA) is 103 Å². The lowest BCUT2D eigenvalue weighted by atomic mass is 10.1. The maximum Gasteiger partial charge on any atom is 0.0705 e. The van der Waals surface area contributed by atoms with Crippen LogP contribution in [-0.2, 0) is 0 Å². The molecule has 0 atom stereocenters. The Labute approximate surface area is 626 Å². The predicted molar refractivity (Wildman–Crippen MR) is 463 cm³/mol. The van der Waals surface area contributed by atoms with Crippen molar-refractivity contribution in [3.8, 4) is 0 Å². The molecule has 16 rings (SSSR count). The Morgan fingerprint density at radius 2 is 0.606 bits per heavy atom. The predicted octanol–water partition coefficient (Wildman–Crippen LogP) is 28.6. The zero-order chi connectivity index (χ0) is 77.5. The quantitative estimate of drug-likeness (QED) is 0.148. The highest BCUT2D eigenvalue weighted by Crippen LogP contribution is 2.19. The van der Waals surface area contributed by atoms with Crippen LogP contribution in [0.1, 0.15) is 156 Å². The van der Waals surface area contributed by atoms with Crippen molar-refractivity contribution < 1.29 is 0 Å². The molecule has 8 heteroatoms.